The molecule has 0 saturated carbocycles. The Labute approximate surface area is 102 Å². The molecule has 0 rings (SSSR count). The third kappa shape index (κ3) is 3.28. The van der Waals surface area contributed by atoms with Crippen LogP contribution in [0.1, 0.15) is 34.6 Å². The van der Waals surface area contributed by atoms with Crippen molar-refractivity contribution in [2.45, 2.75) is 34.6 Å². The van der Waals surface area contributed by atoms with Crippen LogP contribution in [-0.2, 0) is 14.4 Å². The number of ketones is 1. The molecule has 0 fully saturated rings. The maximum absolute atomic E-state index is 12.0. The van der Waals surface area contributed by atoms with E-state index < -0.39 is 10.8 Å². The lowest BCUT2D eigenvalue weighted by Crippen LogP contribution is -2.51. The predicted octanol–water partition coefficient (Wildman–Crippen LogP) is 0.490. The predicted molar refractivity (Wildman–Crippen MR) is 65.3 cm³/mol. The lowest BCUT2D eigenvalue weighted by Gasteiger charge is -2.38. The molecule has 0 atom stereocenters. The molecule has 5 nitrogen and oxygen atoms in total. The molecule has 2 N–H and O–H groups in total. The summed E-state index contributed by atoms with van der Waals surface area (Å²) in [6.07, 6.45) is 0. The summed E-state index contributed by atoms with van der Waals surface area (Å²) in [5.41, 5.74) is -1.65. The molecule has 0 heterocycles. The molecule has 0 aliphatic rings. The van der Waals surface area contributed by atoms with Gasteiger partial charge in [0, 0.05) is 12.5 Å². The van der Waals surface area contributed by atoms with E-state index in [-0.39, 0.29) is 24.1 Å². The zero-order valence-electron chi connectivity index (χ0n) is 11.4. The molecule has 0 unspecified atom stereocenters. The molecule has 2 amide bonds. The monoisotopic (exact) mass is 242 g/mol. The van der Waals surface area contributed by atoms with Gasteiger partial charge in [0.05, 0.1) is 12.0 Å². The van der Waals surface area contributed by atoms with Crippen molar-refractivity contribution in [2.75, 3.05) is 13.6 Å². The second kappa shape index (κ2) is 5.29. The summed E-state index contributed by atoms with van der Waals surface area (Å²) in [7, 11) is 1.50. The van der Waals surface area contributed by atoms with Gasteiger partial charge in [0.2, 0.25) is 11.8 Å². The lowest BCUT2D eigenvalue weighted by molar-refractivity contribution is -0.145. The minimum Gasteiger partial charge on any atom is -0.358 e. The van der Waals surface area contributed by atoms with Gasteiger partial charge in [-0.25, -0.2) is 0 Å². The first kappa shape index (κ1) is 15.6. The summed E-state index contributed by atoms with van der Waals surface area (Å²) in [6.45, 7) is 8.26. The smallest absolute Gasteiger partial charge is 0.239 e. The van der Waals surface area contributed by atoms with E-state index >= 15 is 0 Å². The minimum atomic E-state index is -0.868. The van der Waals surface area contributed by atoms with Crippen LogP contribution in [0.5, 0.6) is 0 Å². The van der Waals surface area contributed by atoms with Crippen LogP contribution in [0.25, 0.3) is 0 Å². The largest absolute Gasteiger partial charge is 0.358 e. The van der Waals surface area contributed by atoms with Gasteiger partial charge in [0.25, 0.3) is 0 Å². The summed E-state index contributed by atoms with van der Waals surface area (Å²) < 4.78 is 0. The van der Waals surface area contributed by atoms with Crippen LogP contribution in [0.2, 0.25) is 0 Å². The van der Waals surface area contributed by atoms with Crippen LogP contribution < -0.4 is 10.6 Å². The number of hydrogen-bond donors (Lipinski definition) is 2. The fourth-order valence-electron chi connectivity index (χ4n) is 1.19. The van der Waals surface area contributed by atoms with Crippen LogP contribution in [0.4, 0.5) is 0 Å². The van der Waals surface area contributed by atoms with E-state index in [4.69, 9.17) is 0 Å². The fourth-order valence-corrected chi connectivity index (χ4v) is 1.19. The Morgan fingerprint density at radius 1 is 1.00 bits per heavy atom. The summed E-state index contributed by atoms with van der Waals surface area (Å²) in [5.74, 6) is -0.631. The molecule has 5 heteroatoms. The molecule has 0 radical (unpaired) electrons. The normalized spacial score (nSPS) is 11.9. The number of carbonyl (C=O) groups is 3. The van der Waals surface area contributed by atoms with E-state index in [1.54, 1.807) is 27.7 Å². The molecule has 0 saturated heterocycles. The van der Waals surface area contributed by atoms with Crippen molar-refractivity contribution in [3.63, 3.8) is 0 Å². The highest BCUT2D eigenvalue weighted by Gasteiger charge is 2.46. The first-order valence-electron chi connectivity index (χ1n) is 5.57. The molecular formula is C12H22N2O3. The van der Waals surface area contributed by atoms with Gasteiger partial charge in [-0.05, 0) is 6.92 Å². The number of likely N-dealkylation sites (N-methyl/N-ethyl adjacent to an activating group) is 1. The van der Waals surface area contributed by atoms with E-state index in [2.05, 4.69) is 10.6 Å². The van der Waals surface area contributed by atoms with E-state index in [9.17, 15) is 14.4 Å². The Balaban J connectivity index is 4.77. The summed E-state index contributed by atoms with van der Waals surface area (Å²) >= 11 is 0. The maximum Gasteiger partial charge on any atom is 0.239 e. The van der Waals surface area contributed by atoms with Crippen molar-refractivity contribution >= 4 is 17.6 Å². The summed E-state index contributed by atoms with van der Waals surface area (Å²) in [4.78, 5) is 34.6. The van der Waals surface area contributed by atoms with Gasteiger partial charge in [0.15, 0.2) is 0 Å². The van der Waals surface area contributed by atoms with Crippen LogP contribution in [-0.4, -0.2) is 31.2 Å². The molecule has 0 aliphatic heterocycles. The molecule has 0 aromatic heterocycles. The SMILES string of the molecule is CNC(=O)CNC(=O)C(C)(C)C(C)(C)C(C)=O. The Morgan fingerprint density at radius 2 is 1.47 bits per heavy atom. The van der Waals surface area contributed by atoms with Crippen LogP contribution in [0.15, 0.2) is 0 Å². The molecule has 17 heavy (non-hydrogen) atoms. The van der Waals surface area contributed by atoms with E-state index in [0.29, 0.717) is 0 Å². The molecule has 0 aromatic rings. The molecule has 98 valence electrons. The third-order valence-electron chi connectivity index (χ3n) is 3.70. The highest BCUT2D eigenvalue weighted by Crippen LogP contribution is 2.39. The van der Waals surface area contributed by atoms with Gasteiger partial charge in [0.1, 0.15) is 5.78 Å². The van der Waals surface area contributed by atoms with Crippen LogP contribution in [0, 0.1) is 10.8 Å². The standard InChI is InChI=1S/C12H22N2O3/c1-8(15)11(2,3)12(4,5)10(17)14-7-9(16)13-6/h7H2,1-6H3,(H,13,16)(H,14,17). The third-order valence-corrected chi connectivity index (χ3v) is 3.70. The van der Waals surface area contributed by atoms with E-state index in [1.807, 2.05) is 0 Å². The molecular weight excluding hydrogens is 220 g/mol. The number of nitrogens with one attached hydrogen (secondary N) is 2. The lowest BCUT2D eigenvalue weighted by atomic mass is 9.65. The first-order valence-corrected chi connectivity index (χ1v) is 5.57. The summed E-state index contributed by atoms with van der Waals surface area (Å²) in [6, 6.07) is 0. The molecule has 0 spiro atoms. The Bertz CT molecular complexity index is 333. The number of hydrogen-bond acceptors (Lipinski definition) is 3. The van der Waals surface area contributed by atoms with Crippen molar-refractivity contribution in [1.82, 2.24) is 10.6 Å². The van der Waals surface area contributed by atoms with Gasteiger partial charge < -0.3 is 10.6 Å². The van der Waals surface area contributed by atoms with Gasteiger partial charge in [-0.15, -0.1) is 0 Å². The number of Topliss-reactive ketones (excluding diaryl/α,β-unsaturated/α-hetero) is 1. The quantitative estimate of drug-likeness (QED) is 0.736. The Kier molecular flexibility index (Phi) is 4.86. The van der Waals surface area contributed by atoms with E-state index in [0.717, 1.165) is 0 Å². The van der Waals surface area contributed by atoms with Crippen LogP contribution >= 0.6 is 0 Å². The molecule has 0 bridgehead atoms. The topological polar surface area (TPSA) is 75.3 Å². The van der Waals surface area contributed by atoms with Gasteiger partial charge in [-0.2, -0.15) is 0 Å². The number of amides is 2. The molecule has 0 aliphatic carbocycles. The fraction of sp³-hybridized carbons (Fsp3) is 0.750. The van der Waals surface area contributed by atoms with Crippen LogP contribution in [0.3, 0.4) is 0 Å². The zero-order chi connectivity index (χ0) is 13.9. The van der Waals surface area contributed by atoms with Gasteiger partial charge in [-0.1, -0.05) is 27.7 Å². The first-order chi connectivity index (χ1) is 7.57. The van der Waals surface area contributed by atoms with Gasteiger partial charge >= 0.3 is 0 Å². The average Bonchev–Trinajstić information content (AvgIpc) is 2.24. The second-order valence-electron chi connectivity index (χ2n) is 5.16. The second-order valence-corrected chi connectivity index (χ2v) is 5.16. The Morgan fingerprint density at radius 3 is 1.82 bits per heavy atom. The van der Waals surface area contributed by atoms with Crippen molar-refractivity contribution in [2.24, 2.45) is 10.8 Å². The number of rotatable bonds is 5. The molecule has 0 aromatic carbocycles. The minimum absolute atomic E-state index is 0.0578. The zero-order valence-corrected chi connectivity index (χ0v) is 11.4. The van der Waals surface area contributed by atoms with E-state index in [1.165, 1.54) is 14.0 Å². The van der Waals surface area contributed by atoms with Crippen molar-refractivity contribution in [1.29, 1.82) is 0 Å². The highest BCUT2D eigenvalue weighted by molar-refractivity contribution is 5.93. The highest BCUT2D eigenvalue weighted by atomic mass is 16.2. The average molecular weight is 242 g/mol. The van der Waals surface area contributed by atoms with Gasteiger partial charge in [-0.3, -0.25) is 14.4 Å². The van der Waals surface area contributed by atoms with Crippen molar-refractivity contribution in [3.8, 4) is 0 Å². The number of carbonyl (C=O) groups excluding carboxylic acids is 3. The van der Waals surface area contributed by atoms with Crippen molar-refractivity contribution < 1.29 is 14.4 Å². The summed E-state index contributed by atoms with van der Waals surface area (Å²) in [5, 5.41) is 4.94. The maximum atomic E-state index is 12.0. The van der Waals surface area contributed by atoms with Crippen molar-refractivity contribution in [3.05, 3.63) is 0 Å². The Hall–Kier alpha value is -1.39.